The molecule has 0 aromatic heterocycles. The zero-order valence-electron chi connectivity index (χ0n) is 7.92. The molecule has 0 heterocycles. The van der Waals surface area contributed by atoms with Crippen molar-refractivity contribution in [3.63, 3.8) is 0 Å². The van der Waals surface area contributed by atoms with Gasteiger partial charge in [-0.1, -0.05) is 12.1 Å². The molecule has 1 aromatic carbocycles. The fourth-order valence-corrected chi connectivity index (χ4v) is 1.36. The highest BCUT2D eigenvalue weighted by Crippen LogP contribution is 2.32. The first-order valence-corrected chi connectivity index (χ1v) is 4.75. The topological polar surface area (TPSA) is 35.2 Å². The average molecular weight is 177 g/mol. The second-order valence-electron chi connectivity index (χ2n) is 3.75. The molecule has 0 spiro atoms. The monoisotopic (exact) mass is 177 g/mol. The first-order valence-electron chi connectivity index (χ1n) is 4.75. The molecule has 0 saturated heterocycles. The minimum absolute atomic E-state index is 0.751. The van der Waals surface area contributed by atoms with Crippen LogP contribution in [0.2, 0.25) is 0 Å². The Bertz CT molecular complexity index is 285. The van der Waals surface area contributed by atoms with Crippen LogP contribution in [0.15, 0.2) is 18.2 Å². The van der Waals surface area contributed by atoms with Crippen molar-refractivity contribution in [2.75, 3.05) is 12.3 Å². The van der Waals surface area contributed by atoms with E-state index in [-0.39, 0.29) is 0 Å². The highest BCUT2D eigenvalue weighted by atomic mass is 16.5. The Morgan fingerprint density at radius 3 is 2.85 bits per heavy atom. The molecule has 2 rings (SSSR count). The second-order valence-corrected chi connectivity index (χ2v) is 3.75. The molecule has 13 heavy (non-hydrogen) atoms. The predicted octanol–water partition coefficient (Wildman–Crippen LogP) is 2.37. The summed E-state index contributed by atoms with van der Waals surface area (Å²) < 4.78 is 5.67. The average Bonchev–Trinajstić information content (AvgIpc) is 2.87. The second kappa shape index (κ2) is 3.29. The molecule has 1 aliphatic rings. The quantitative estimate of drug-likeness (QED) is 0.719. The number of rotatable bonds is 3. The summed E-state index contributed by atoms with van der Waals surface area (Å²) in [5.74, 6) is 1.65. The summed E-state index contributed by atoms with van der Waals surface area (Å²) in [7, 11) is 0. The van der Waals surface area contributed by atoms with Crippen LogP contribution >= 0.6 is 0 Å². The minimum Gasteiger partial charge on any atom is -0.491 e. The van der Waals surface area contributed by atoms with E-state index in [9.17, 15) is 0 Å². The van der Waals surface area contributed by atoms with Crippen LogP contribution in [-0.2, 0) is 0 Å². The number of nitrogens with two attached hydrogens (primary N) is 1. The van der Waals surface area contributed by atoms with Crippen LogP contribution in [0.5, 0.6) is 5.75 Å². The summed E-state index contributed by atoms with van der Waals surface area (Å²) in [5, 5.41) is 0. The van der Waals surface area contributed by atoms with Crippen molar-refractivity contribution in [2.45, 2.75) is 19.8 Å². The van der Waals surface area contributed by atoms with Gasteiger partial charge in [0.15, 0.2) is 0 Å². The molecule has 2 heteroatoms. The maximum absolute atomic E-state index is 5.80. The summed E-state index contributed by atoms with van der Waals surface area (Å²) in [6.07, 6.45) is 2.62. The van der Waals surface area contributed by atoms with Gasteiger partial charge in [0.25, 0.3) is 0 Å². The lowest BCUT2D eigenvalue weighted by atomic mass is 10.2. The van der Waals surface area contributed by atoms with Crippen LogP contribution in [0.1, 0.15) is 18.4 Å². The first-order chi connectivity index (χ1) is 6.27. The van der Waals surface area contributed by atoms with Gasteiger partial charge in [0.2, 0.25) is 0 Å². The van der Waals surface area contributed by atoms with Gasteiger partial charge in [-0.05, 0) is 37.3 Å². The van der Waals surface area contributed by atoms with Crippen molar-refractivity contribution in [1.82, 2.24) is 0 Å². The predicted molar refractivity (Wildman–Crippen MR) is 53.8 cm³/mol. The van der Waals surface area contributed by atoms with E-state index in [0.717, 1.165) is 29.5 Å². The summed E-state index contributed by atoms with van der Waals surface area (Å²) >= 11 is 0. The molecule has 0 atom stereocenters. The van der Waals surface area contributed by atoms with Gasteiger partial charge >= 0.3 is 0 Å². The van der Waals surface area contributed by atoms with Gasteiger partial charge in [-0.25, -0.2) is 0 Å². The normalized spacial score (nSPS) is 15.8. The van der Waals surface area contributed by atoms with Crippen LogP contribution in [0.25, 0.3) is 0 Å². The third kappa shape index (κ3) is 1.94. The van der Waals surface area contributed by atoms with E-state index < -0.39 is 0 Å². The van der Waals surface area contributed by atoms with Crippen molar-refractivity contribution >= 4 is 5.69 Å². The zero-order valence-corrected chi connectivity index (χ0v) is 7.92. The Morgan fingerprint density at radius 2 is 2.23 bits per heavy atom. The van der Waals surface area contributed by atoms with Crippen LogP contribution in [-0.4, -0.2) is 6.61 Å². The first kappa shape index (κ1) is 8.42. The van der Waals surface area contributed by atoms with Crippen LogP contribution in [0.4, 0.5) is 5.69 Å². The number of para-hydroxylation sites is 1. The summed E-state index contributed by atoms with van der Waals surface area (Å²) in [4.78, 5) is 0. The lowest BCUT2D eigenvalue weighted by Crippen LogP contribution is -2.03. The van der Waals surface area contributed by atoms with Crippen molar-refractivity contribution in [2.24, 2.45) is 5.92 Å². The molecule has 1 saturated carbocycles. The molecule has 70 valence electrons. The van der Waals surface area contributed by atoms with Crippen LogP contribution in [0.3, 0.4) is 0 Å². The van der Waals surface area contributed by atoms with E-state index in [4.69, 9.17) is 10.5 Å². The highest BCUT2D eigenvalue weighted by molar-refractivity contribution is 5.56. The lowest BCUT2D eigenvalue weighted by Gasteiger charge is -2.10. The summed E-state index contributed by atoms with van der Waals surface area (Å²) in [6, 6.07) is 5.86. The smallest absolute Gasteiger partial charge is 0.145 e. The SMILES string of the molecule is Cc1cccc(N)c1OCC1CC1. The van der Waals surface area contributed by atoms with E-state index >= 15 is 0 Å². The fraction of sp³-hybridized carbons (Fsp3) is 0.455. The van der Waals surface area contributed by atoms with Gasteiger partial charge in [0, 0.05) is 0 Å². The van der Waals surface area contributed by atoms with Gasteiger partial charge in [-0.15, -0.1) is 0 Å². The molecule has 0 aliphatic heterocycles. The van der Waals surface area contributed by atoms with Crippen molar-refractivity contribution in [3.05, 3.63) is 23.8 Å². The van der Waals surface area contributed by atoms with E-state index in [1.165, 1.54) is 12.8 Å². The molecular formula is C11H15NO. The number of hydrogen-bond donors (Lipinski definition) is 1. The lowest BCUT2D eigenvalue weighted by molar-refractivity contribution is 0.299. The van der Waals surface area contributed by atoms with Gasteiger partial charge in [-0.2, -0.15) is 0 Å². The maximum Gasteiger partial charge on any atom is 0.145 e. The third-order valence-corrected chi connectivity index (χ3v) is 2.40. The Morgan fingerprint density at radius 1 is 1.46 bits per heavy atom. The Labute approximate surface area is 78.7 Å². The molecule has 0 amide bonds. The number of aryl methyl sites for hydroxylation is 1. The number of anilines is 1. The molecule has 2 N–H and O–H groups in total. The molecule has 0 unspecified atom stereocenters. The van der Waals surface area contributed by atoms with Gasteiger partial charge in [0.1, 0.15) is 5.75 Å². The minimum atomic E-state index is 0.751. The van der Waals surface area contributed by atoms with E-state index in [0.29, 0.717) is 0 Å². The van der Waals surface area contributed by atoms with E-state index in [1.54, 1.807) is 0 Å². The summed E-state index contributed by atoms with van der Waals surface area (Å²) in [5.41, 5.74) is 7.68. The van der Waals surface area contributed by atoms with Gasteiger partial charge in [0.05, 0.1) is 12.3 Å². The van der Waals surface area contributed by atoms with Gasteiger partial charge in [-0.3, -0.25) is 0 Å². The van der Waals surface area contributed by atoms with Crippen molar-refractivity contribution in [3.8, 4) is 5.75 Å². The molecule has 2 nitrogen and oxygen atoms in total. The van der Waals surface area contributed by atoms with Crippen LogP contribution in [0, 0.1) is 12.8 Å². The largest absolute Gasteiger partial charge is 0.491 e. The van der Waals surface area contributed by atoms with Crippen molar-refractivity contribution < 1.29 is 4.74 Å². The Hall–Kier alpha value is -1.18. The summed E-state index contributed by atoms with van der Waals surface area (Å²) in [6.45, 7) is 2.85. The van der Waals surface area contributed by atoms with Gasteiger partial charge < -0.3 is 10.5 Å². The molecule has 0 bridgehead atoms. The molecule has 1 aromatic rings. The molecule has 1 aliphatic carbocycles. The standard InChI is InChI=1S/C11H15NO/c1-8-3-2-4-10(12)11(8)13-7-9-5-6-9/h2-4,9H,5-7,12H2,1H3. The molecular weight excluding hydrogens is 162 g/mol. The number of benzene rings is 1. The highest BCUT2D eigenvalue weighted by Gasteiger charge is 2.22. The Kier molecular flexibility index (Phi) is 2.13. The Balaban J connectivity index is 2.07. The number of nitrogen functional groups attached to an aromatic ring is 1. The maximum atomic E-state index is 5.80. The fourth-order valence-electron chi connectivity index (χ4n) is 1.36. The number of ether oxygens (including phenoxy) is 1. The third-order valence-electron chi connectivity index (χ3n) is 2.40. The van der Waals surface area contributed by atoms with E-state index in [1.807, 2.05) is 25.1 Å². The number of hydrogen-bond acceptors (Lipinski definition) is 2. The zero-order chi connectivity index (χ0) is 9.26. The van der Waals surface area contributed by atoms with Crippen LogP contribution < -0.4 is 10.5 Å². The molecule has 0 radical (unpaired) electrons. The van der Waals surface area contributed by atoms with Crippen molar-refractivity contribution in [1.29, 1.82) is 0 Å². The molecule has 1 fully saturated rings. The van der Waals surface area contributed by atoms with E-state index in [2.05, 4.69) is 0 Å².